The SMILES string of the molecule is O=C(CC(=O)C(=O)c1ccccc1)Oc1ccccc1. The van der Waals surface area contributed by atoms with E-state index in [4.69, 9.17) is 4.74 Å². The molecule has 2 aromatic rings. The summed E-state index contributed by atoms with van der Waals surface area (Å²) in [7, 11) is 0. The molecule has 100 valence electrons. The monoisotopic (exact) mass is 268 g/mol. The van der Waals surface area contributed by atoms with Crippen LogP contribution in [0.2, 0.25) is 0 Å². The van der Waals surface area contributed by atoms with Crippen molar-refractivity contribution in [3.63, 3.8) is 0 Å². The molecule has 0 bridgehead atoms. The second-order valence-corrected chi connectivity index (χ2v) is 4.08. The van der Waals surface area contributed by atoms with E-state index in [9.17, 15) is 14.4 Å². The molecule has 4 nitrogen and oxygen atoms in total. The fourth-order valence-electron chi connectivity index (χ4n) is 1.62. The molecule has 0 saturated heterocycles. The van der Waals surface area contributed by atoms with Crippen LogP contribution in [-0.2, 0) is 9.59 Å². The van der Waals surface area contributed by atoms with Crippen LogP contribution in [0.5, 0.6) is 5.75 Å². The van der Waals surface area contributed by atoms with Crippen molar-refractivity contribution >= 4 is 17.5 Å². The van der Waals surface area contributed by atoms with Crippen LogP contribution in [0.15, 0.2) is 60.7 Å². The van der Waals surface area contributed by atoms with Crippen molar-refractivity contribution in [3.8, 4) is 5.75 Å². The summed E-state index contributed by atoms with van der Waals surface area (Å²) in [6, 6.07) is 16.5. The highest BCUT2D eigenvalue weighted by Gasteiger charge is 2.20. The summed E-state index contributed by atoms with van der Waals surface area (Å²) in [5, 5.41) is 0. The molecule has 0 saturated carbocycles. The molecule has 2 aromatic carbocycles. The van der Waals surface area contributed by atoms with Gasteiger partial charge in [-0.25, -0.2) is 0 Å². The first-order valence-electron chi connectivity index (χ1n) is 6.05. The number of ketones is 2. The number of benzene rings is 2. The standard InChI is InChI=1S/C16H12O4/c17-14(16(19)12-7-3-1-4-8-12)11-15(18)20-13-9-5-2-6-10-13/h1-10H,11H2. The normalized spacial score (nSPS) is 9.80. The van der Waals surface area contributed by atoms with E-state index in [1.165, 1.54) is 12.1 Å². The molecule has 0 radical (unpaired) electrons. The van der Waals surface area contributed by atoms with Crippen molar-refractivity contribution in [3.05, 3.63) is 66.2 Å². The van der Waals surface area contributed by atoms with Gasteiger partial charge < -0.3 is 4.74 Å². The molecular weight excluding hydrogens is 256 g/mol. The summed E-state index contributed by atoms with van der Waals surface area (Å²) in [4.78, 5) is 35.0. The predicted molar refractivity (Wildman–Crippen MR) is 72.5 cm³/mol. The molecule has 20 heavy (non-hydrogen) atoms. The van der Waals surface area contributed by atoms with Gasteiger partial charge in [-0.2, -0.15) is 0 Å². The molecule has 0 aliphatic rings. The number of esters is 1. The Morgan fingerprint density at radius 2 is 1.35 bits per heavy atom. The summed E-state index contributed by atoms with van der Waals surface area (Å²) in [5.41, 5.74) is 0.269. The van der Waals surface area contributed by atoms with Crippen LogP contribution in [0, 0.1) is 0 Å². The molecule has 0 unspecified atom stereocenters. The first kappa shape index (κ1) is 13.7. The second-order valence-electron chi connectivity index (χ2n) is 4.08. The third-order valence-electron chi connectivity index (χ3n) is 2.57. The number of hydrogen-bond acceptors (Lipinski definition) is 4. The smallest absolute Gasteiger partial charge is 0.319 e. The first-order valence-corrected chi connectivity index (χ1v) is 6.05. The van der Waals surface area contributed by atoms with E-state index in [-0.39, 0.29) is 5.56 Å². The number of para-hydroxylation sites is 1. The summed E-state index contributed by atoms with van der Waals surface area (Å²) in [6.45, 7) is 0. The zero-order valence-electron chi connectivity index (χ0n) is 10.6. The van der Waals surface area contributed by atoms with Crippen molar-refractivity contribution in [1.29, 1.82) is 0 Å². The molecule has 4 heteroatoms. The highest BCUT2D eigenvalue weighted by Crippen LogP contribution is 2.10. The van der Waals surface area contributed by atoms with Gasteiger partial charge in [0.05, 0.1) is 0 Å². The van der Waals surface area contributed by atoms with Gasteiger partial charge >= 0.3 is 5.97 Å². The molecule has 0 fully saturated rings. The van der Waals surface area contributed by atoms with Gasteiger partial charge in [0.1, 0.15) is 12.2 Å². The number of carbonyl (C=O) groups excluding carboxylic acids is 3. The van der Waals surface area contributed by atoms with Crippen LogP contribution < -0.4 is 4.74 Å². The van der Waals surface area contributed by atoms with Crippen LogP contribution >= 0.6 is 0 Å². The van der Waals surface area contributed by atoms with Crippen molar-refractivity contribution in [2.24, 2.45) is 0 Å². The molecule has 0 aliphatic heterocycles. The minimum Gasteiger partial charge on any atom is -0.426 e. The lowest BCUT2D eigenvalue weighted by atomic mass is 10.1. The average Bonchev–Trinajstić information content (AvgIpc) is 2.48. The zero-order chi connectivity index (χ0) is 14.4. The Labute approximate surface area is 116 Å². The van der Waals surface area contributed by atoms with Crippen LogP contribution in [0.4, 0.5) is 0 Å². The largest absolute Gasteiger partial charge is 0.426 e. The maximum absolute atomic E-state index is 11.8. The van der Waals surface area contributed by atoms with Gasteiger partial charge in [-0.1, -0.05) is 48.5 Å². The molecule has 0 atom stereocenters. The van der Waals surface area contributed by atoms with Gasteiger partial charge in [0.2, 0.25) is 11.6 Å². The Hall–Kier alpha value is -2.75. The predicted octanol–water partition coefficient (Wildman–Crippen LogP) is 2.43. The highest BCUT2D eigenvalue weighted by atomic mass is 16.5. The van der Waals surface area contributed by atoms with E-state index in [1.807, 2.05) is 0 Å². The summed E-state index contributed by atoms with van der Waals surface area (Å²) < 4.78 is 4.96. The molecule has 0 heterocycles. The van der Waals surface area contributed by atoms with Crippen LogP contribution in [0.25, 0.3) is 0 Å². The Balaban J connectivity index is 1.95. The van der Waals surface area contributed by atoms with Crippen LogP contribution in [-0.4, -0.2) is 17.5 Å². The van der Waals surface area contributed by atoms with Crippen molar-refractivity contribution in [2.75, 3.05) is 0 Å². The van der Waals surface area contributed by atoms with E-state index in [0.717, 1.165) is 0 Å². The molecule has 0 spiro atoms. The average molecular weight is 268 g/mol. The molecule has 0 amide bonds. The van der Waals surface area contributed by atoms with Crippen molar-refractivity contribution < 1.29 is 19.1 Å². The molecule has 2 rings (SSSR count). The number of hydrogen-bond donors (Lipinski definition) is 0. The van der Waals surface area contributed by atoms with Crippen molar-refractivity contribution in [2.45, 2.75) is 6.42 Å². The fourth-order valence-corrected chi connectivity index (χ4v) is 1.62. The summed E-state index contributed by atoms with van der Waals surface area (Å²) in [6.07, 6.45) is -0.567. The summed E-state index contributed by atoms with van der Waals surface area (Å²) in [5.74, 6) is -1.87. The second kappa shape index (κ2) is 6.43. The van der Waals surface area contributed by atoms with E-state index in [1.54, 1.807) is 48.5 Å². The minimum atomic E-state index is -0.780. The van der Waals surface area contributed by atoms with E-state index < -0.39 is 24.0 Å². The van der Waals surface area contributed by atoms with Gasteiger partial charge in [-0.15, -0.1) is 0 Å². The Morgan fingerprint density at radius 3 is 1.95 bits per heavy atom. The van der Waals surface area contributed by atoms with Crippen LogP contribution in [0.1, 0.15) is 16.8 Å². The quantitative estimate of drug-likeness (QED) is 0.275. The topological polar surface area (TPSA) is 60.4 Å². The number of ether oxygens (including phenoxy) is 1. The van der Waals surface area contributed by atoms with Gasteiger partial charge in [-0.3, -0.25) is 14.4 Å². The maximum atomic E-state index is 11.8. The van der Waals surface area contributed by atoms with Gasteiger partial charge in [0.15, 0.2) is 0 Å². The molecule has 0 aromatic heterocycles. The van der Waals surface area contributed by atoms with E-state index >= 15 is 0 Å². The lowest BCUT2D eigenvalue weighted by Crippen LogP contribution is -2.21. The number of Topliss-reactive ketones (excluding diaryl/α,β-unsaturated/α-hetero) is 2. The molecule has 0 N–H and O–H groups in total. The van der Waals surface area contributed by atoms with E-state index in [2.05, 4.69) is 0 Å². The fraction of sp³-hybridized carbons (Fsp3) is 0.0625. The Morgan fingerprint density at radius 1 is 0.800 bits per heavy atom. The Bertz CT molecular complexity index is 617. The highest BCUT2D eigenvalue weighted by molar-refractivity contribution is 6.45. The van der Waals surface area contributed by atoms with Gasteiger partial charge in [0, 0.05) is 5.56 Å². The number of rotatable bonds is 5. The maximum Gasteiger partial charge on any atom is 0.319 e. The lowest BCUT2D eigenvalue weighted by Gasteiger charge is -2.03. The Kier molecular flexibility index (Phi) is 4.39. The zero-order valence-corrected chi connectivity index (χ0v) is 10.6. The molecular formula is C16H12O4. The first-order chi connectivity index (χ1) is 9.66. The number of carbonyl (C=O) groups is 3. The van der Waals surface area contributed by atoms with E-state index in [0.29, 0.717) is 5.75 Å². The molecule has 0 aliphatic carbocycles. The van der Waals surface area contributed by atoms with Gasteiger partial charge in [-0.05, 0) is 12.1 Å². The van der Waals surface area contributed by atoms with Gasteiger partial charge in [0.25, 0.3) is 0 Å². The summed E-state index contributed by atoms with van der Waals surface area (Å²) >= 11 is 0. The third-order valence-corrected chi connectivity index (χ3v) is 2.57. The lowest BCUT2D eigenvalue weighted by molar-refractivity contribution is -0.137. The third kappa shape index (κ3) is 3.62. The minimum absolute atomic E-state index is 0.269. The van der Waals surface area contributed by atoms with Crippen molar-refractivity contribution in [1.82, 2.24) is 0 Å². The van der Waals surface area contributed by atoms with Crippen LogP contribution in [0.3, 0.4) is 0 Å².